The van der Waals surface area contributed by atoms with Gasteiger partial charge in [-0.1, -0.05) is 119 Å². The molecule has 6 nitrogen and oxygen atoms in total. The minimum absolute atomic E-state index is 0.226. The van der Waals surface area contributed by atoms with Crippen LogP contribution < -0.4 is 10.6 Å². The molecule has 3 aromatic carbocycles. The Hall–Kier alpha value is -3.93. The van der Waals surface area contributed by atoms with E-state index in [9.17, 15) is 19.5 Å². The summed E-state index contributed by atoms with van der Waals surface area (Å²) in [6.45, 7) is 9.75. The highest BCUT2D eigenvalue weighted by Gasteiger charge is 2.35. The van der Waals surface area contributed by atoms with E-state index in [2.05, 4.69) is 60.0 Å². The summed E-state index contributed by atoms with van der Waals surface area (Å²) in [6.07, 6.45) is 4.92. The second-order valence-electron chi connectivity index (χ2n) is 12.7. The number of aliphatic carboxylic acids is 1. The molecule has 43 heavy (non-hydrogen) atoms. The summed E-state index contributed by atoms with van der Waals surface area (Å²) in [5, 5.41) is 15.4. The Morgan fingerprint density at radius 2 is 1.42 bits per heavy atom. The number of nitrogens with one attached hydrogen (secondary N) is 2. The molecule has 0 radical (unpaired) electrons. The quantitative estimate of drug-likeness (QED) is 0.160. The van der Waals surface area contributed by atoms with Crippen molar-refractivity contribution in [2.24, 2.45) is 11.3 Å². The lowest BCUT2D eigenvalue weighted by molar-refractivity contribution is -0.142. The van der Waals surface area contributed by atoms with Crippen molar-refractivity contribution in [1.82, 2.24) is 10.6 Å². The number of carboxylic acid groups (broad SMARTS) is 1. The second-order valence-corrected chi connectivity index (χ2v) is 12.7. The first-order valence-electron chi connectivity index (χ1n) is 15.5. The average Bonchev–Trinajstić information content (AvgIpc) is 2.97. The van der Waals surface area contributed by atoms with E-state index >= 15 is 0 Å². The molecule has 3 rings (SSSR count). The van der Waals surface area contributed by atoms with Crippen LogP contribution >= 0.6 is 0 Å². The fraction of sp³-hybridized carbons (Fsp3) is 0.432. The van der Waals surface area contributed by atoms with Crippen LogP contribution in [-0.2, 0) is 20.8 Å². The summed E-state index contributed by atoms with van der Waals surface area (Å²) < 4.78 is 0. The molecule has 2 amide bonds. The largest absolute Gasteiger partial charge is 0.481 e. The van der Waals surface area contributed by atoms with Crippen LogP contribution in [0.25, 0.3) is 11.1 Å². The number of aryl methyl sites for hydroxylation is 2. The van der Waals surface area contributed by atoms with Gasteiger partial charge in [-0.2, -0.15) is 0 Å². The SMILES string of the molecule is Cc1cc(CCCCCC[C@H](CC(=O)O)C(=O)N[C@H](C(=O)N[C@H](C)c2ccccc2)C(C)(C)C)ccc1-c1ccccc1. The third kappa shape index (κ3) is 10.7. The molecule has 0 saturated carbocycles. The molecule has 3 N–H and O–H groups in total. The number of rotatable bonds is 15. The summed E-state index contributed by atoms with van der Waals surface area (Å²) in [7, 11) is 0. The summed E-state index contributed by atoms with van der Waals surface area (Å²) in [6, 6.07) is 25.7. The fourth-order valence-corrected chi connectivity index (χ4v) is 5.49. The molecule has 0 aliphatic carbocycles. The van der Waals surface area contributed by atoms with Crippen LogP contribution in [0, 0.1) is 18.3 Å². The van der Waals surface area contributed by atoms with Crippen molar-refractivity contribution < 1.29 is 19.5 Å². The van der Waals surface area contributed by atoms with Gasteiger partial charge in [-0.05, 0) is 66.3 Å². The average molecular weight is 585 g/mol. The Morgan fingerprint density at radius 3 is 2.02 bits per heavy atom. The second kappa shape index (κ2) is 16.1. The first kappa shape index (κ1) is 33.6. The maximum Gasteiger partial charge on any atom is 0.304 e. The van der Waals surface area contributed by atoms with Crippen molar-refractivity contribution in [3.63, 3.8) is 0 Å². The molecule has 0 bridgehead atoms. The number of hydrogen-bond acceptors (Lipinski definition) is 3. The third-order valence-electron chi connectivity index (χ3n) is 8.01. The van der Waals surface area contributed by atoms with Crippen molar-refractivity contribution >= 4 is 17.8 Å². The number of carbonyl (C=O) groups is 3. The van der Waals surface area contributed by atoms with Crippen LogP contribution in [0.4, 0.5) is 0 Å². The van der Waals surface area contributed by atoms with Gasteiger partial charge in [-0.15, -0.1) is 0 Å². The molecule has 0 aromatic heterocycles. The van der Waals surface area contributed by atoms with Crippen LogP contribution in [0.2, 0.25) is 0 Å². The minimum Gasteiger partial charge on any atom is -0.481 e. The highest BCUT2D eigenvalue weighted by molar-refractivity contribution is 5.90. The van der Waals surface area contributed by atoms with E-state index in [4.69, 9.17) is 0 Å². The molecule has 0 heterocycles. The zero-order chi connectivity index (χ0) is 31.4. The summed E-state index contributed by atoms with van der Waals surface area (Å²) in [5.41, 5.74) is 5.47. The van der Waals surface area contributed by atoms with Gasteiger partial charge in [0.15, 0.2) is 0 Å². The van der Waals surface area contributed by atoms with Crippen molar-refractivity contribution in [2.45, 2.75) is 91.6 Å². The van der Waals surface area contributed by atoms with E-state index in [0.717, 1.165) is 37.7 Å². The van der Waals surface area contributed by atoms with Crippen molar-refractivity contribution in [3.8, 4) is 11.1 Å². The molecule has 0 aliphatic rings. The minimum atomic E-state index is -1.01. The molecular weight excluding hydrogens is 536 g/mol. The summed E-state index contributed by atoms with van der Waals surface area (Å²) >= 11 is 0. The predicted octanol–water partition coefficient (Wildman–Crippen LogP) is 7.65. The number of carbonyl (C=O) groups excluding carboxylic acids is 2. The highest BCUT2D eigenvalue weighted by atomic mass is 16.4. The maximum absolute atomic E-state index is 13.3. The lowest BCUT2D eigenvalue weighted by Crippen LogP contribution is -2.55. The van der Waals surface area contributed by atoms with Crippen molar-refractivity contribution in [2.75, 3.05) is 0 Å². The van der Waals surface area contributed by atoms with Gasteiger partial charge < -0.3 is 15.7 Å². The lowest BCUT2D eigenvalue weighted by Gasteiger charge is -2.32. The Bertz CT molecular complexity index is 1330. The number of carboxylic acids is 1. The zero-order valence-corrected chi connectivity index (χ0v) is 26.4. The molecule has 0 saturated heterocycles. The summed E-state index contributed by atoms with van der Waals surface area (Å²) in [5.74, 6) is -2.35. The smallest absolute Gasteiger partial charge is 0.304 e. The van der Waals surface area contributed by atoms with E-state index in [1.54, 1.807) is 0 Å². The number of amides is 2. The maximum atomic E-state index is 13.3. The molecule has 6 heteroatoms. The summed E-state index contributed by atoms with van der Waals surface area (Å²) in [4.78, 5) is 38.2. The molecule has 0 unspecified atom stereocenters. The number of hydrogen-bond donors (Lipinski definition) is 3. The van der Waals surface area contributed by atoms with E-state index in [1.165, 1.54) is 22.3 Å². The molecule has 0 spiro atoms. The van der Waals surface area contributed by atoms with Crippen molar-refractivity contribution in [3.05, 3.63) is 95.6 Å². The van der Waals surface area contributed by atoms with Gasteiger partial charge in [-0.25, -0.2) is 0 Å². The highest BCUT2D eigenvalue weighted by Crippen LogP contribution is 2.26. The first-order valence-corrected chi connectivity index (χ1v) is 15.5. The molecule has 0 aliphatic heterocycles. The van der Waals surface area contributed by atoms with Crippen LogP contribution in [0.15, 0.2) is 78.9 Å². The normalized spacial score (nSPS) is 13.5. The first-order chi connectivity index (χ1) is 20.5. The van der Waals surface area contributed by atoms with Crippen LogP contribution in [0.3, 0.4) is 0 Å². The van der Waals surface area contributed by atoms with Crippen molar-refractivity contribution in [1.29, 1.82) is 0 Å². The topological polar surface area (TPSA) is 95.5 Å². The van der Waals surface area contributed by atoms with Gasteiger partial charge in [0, 0.05) is 5.92 Å². The van der Waals surface area contributed by atoms with Gasteiger partial charge in [-0.3, -0.25) is 14.4 Å². The fourth-order valence-electron chi connectivity index (χ4n) is 5.49. The van der Waals surface area contributed by atoms with E-state index in [-0.39, 0.29) is 24.3 Å². The van der Waals surface area contributed by atoms with Gasteiger partial charge >= 0.3 is 5.97 Å². The Labute approximate surface area is 257 Å². The van der Waals surface area contributed by atoms with Gasteiger partial charge in [0.2, 0.25) is 11.8 Å². The number of unbranched alkanes of at least 4 members (excludes halogenated alkanes) is 3. The molecule has 230 valence electrons. The zero-order valence-electron chi connectivity index (χ0n) is 26.4. The van der Waals surface area contributed by atoms with Gasteiger partial charge in [0.05, 0.1) is 12.5 Å². The van der Waals surface area contributed by atoms with Gasteiger partial charge in [0.1, 0.15) is 6.04 Å². The van der Waals surface area contributed by atoms with Gasteiger partial charge in [0.25, 0.3) is 0 Å². The molecule has 3 aromatic rings. The van der Waals surface area contributed by atoms with Crippen LogP contribution in [0.1, 0.15) is 89.0 Å². The van der Waals surface area contributed by atoms with E-state index < -0.39 is 23.3 Å². The Kier molecular flexibility index (Phi) is 12.5. The van der Waals surface area contributed by atoms with E-state index in [1.807, 2.05) is 64.1 Å². The molecule has 0 fully saturated rings. The monoisotopic (exact) mass is 584 g/mol. The van der Waals surface area contributed by atoms with Crippen LogP contribution in [0.5, 0.6) is 0 Å². The Morgan fingerprint density at radius 1 is 0.791 bits per heavy atom. The third-order valence-corrected chi connectivity index (χ3v) is 8.01. The predicted molar refractivity (Wildman–Crippen MR) is 174 cm³/mol. The number of benzene rings is 3. The Balaban J connectivity index is 1.50. The standard InChI is InChI=1S/C37H48N2O4/c1-26-24-28(22-23-32(26)30-19-14-9-15-20-30)16-10-6-7-11-21-31(25-33(40)41)35(42)39-34(37(3,4)5)36(43)38-27(2)29-17-12-8-13-18-29/h8-9,12-15,17-20,22-24,27,31,34H,6-7,10-11,16,21,25H2,1-5H3,(H,38,43)(H,39,42)(H,40,41)/t27-,31-,34-/m1/s1. The lowest BCUT2D eigenvalue weighted by atomic mass is 9.85. The molecular formula is C37H48N2O4. The van der Waals surface area contributed by atoms with E-state index in [0.29, 0.717) is 6.42 Å². The molecule has 3 atom stereocenters. The van der Waals surface area contributed by atoms with Crippen LogP contribution in [-0.4, -0.2) is 28.9 Å².